The van der Waals surface area contributed by atoms with Crippen LogP contribution in [0.2, 0.25) is 0 Å². The number of nitrogens with one attached hydrogen (secondary N) is 1. The standard InChI is InChI=1S/C32H36N2O6S/c35-31(36)19-8-23-6-9-24(10-7-23)25-13-17-29(18-14-25)41(38,39)33-28-15-11-27(12-16-28)32(37)34-20-21-40-22-30(34)26-4-2-1-3-5-26/h1-7,9-10,13-14,17-18,27-28,30,33H,8,11-12,15-16,19-22H2,(H,35,36)/t27?,28?,30-/m1/s1. The number of rotatable bonds is 9. The number of carboxylic acid groups (broad SMARTS) is 1. The van der Waals surface area contributed by atoms with Crippen molar-refractivity contribution in [2.24, 2.45) is 5.92 Å². The van der Waals surface area contributed by atoms with Gasteiger partial charge in [-0.25, -0.2) is 13.1 Å². The Kier molecular flexibility index (Phi) is 9.17. The molecule has 0 spiro atoms. The van der Waals surface area contributed by atoms with Gasteiger partial charge >= 0.3 is 5.97 Å². The van der Waals surface area contributed by atoms with Crippen molar-refractivity contribution >= 4 is 21.9 Å². The number of nitrogens with zero attached hydrogens (tertiary/aromatic N) is 1. The van der Waals surface area contributed by atoms with Crippen LogP contribution in [0.1, 0.15) is 49.3 Å². The van der Waals surface area contributed by atoms with Crippen LogP contribution in [0, 0.1) is 5.92 Å². The minimum Gasteiger partial charge on any atom is -0.481 e. The molecule has 216 valence electrons. The van der Waals surface area contributed by atoms with E-state index in [0.717, 1.165) is 22.3 Å². The normalized spacial score (nSPS) is 21.4. The number of hydrogen-bond acceptors (Lipinski definition) is 5. The number of morpholine rings is 1. The molecule has 2 fully saturated rings. The Morgan fingerprint density at radius 1 is 0.878 bits per heavy atom. The van der Waals surface area contributed by atoms with Crippen LogP contribution in [0.4, 0.5) is 0 Å². The van der Waals surface area contributed by atoms with E-state index in [9.17, 15) is 18.0 Å². The van der Waals surface area contributed by atoms with Gasteiger partial charge in [0.25, 0.3) is 0 Å². The molecule has 9 heteroatoms. The summed E-state index contributed by atoms with van der Waals surface area (Å²) in [5, 5.41) is 8.86. The number of aryl methyl sites for hydroxylation is 1. The van der Waals surface area contributed by atoms with E-state index < -0.39 is 16.0 Å². The molecule has 2 N–H and O–H groups in total. The molecular formula is C32H36N2O6S. The third-order valence-corrected chi connectivity index (χ3v) is 9.61. The quantitative estimate of drug-likeness (QED) is 0.378. The van der Waals surface area contributed by atoms with E-state index >= 15 is 0 Å². The fourth-order valence-corrected chi connectivity index (χ4v) is 7.05. The molecule has 41 heavy (non-hydrogen) atoms. The molecule has 2 aliphatic rings. The highest BCUT2D eigenvalue weighted by molar-refractivity contribution is 7.89. The Morgan fingerprint density at radius 3 is 2.15 bits per heavy atom. The van der Waals surface area contributed by atoms with Crippen molar-refractivity contribution in [3.8, 4) is 11.1 Å². The number of amides is 1. The number of carboxylic acids is 1. The molecule has 1 aliphatic carbocycles. The number of carbonyl (C=O) groups is 2. The van der Waals surface area contributed by atoms with Crippen LogP contribution in [0.5, 0.6) is 0 Å². The summed E-state index contributed by atoms with van der Waals surface area (Å²) in [5.41, 5.74) is 3.82. The average molecular weight is 577 g/mol. The molecule has 0 bridgehead atoms. The van der Waals surface area contributed by atoms with Gasteiger partial charge in [-0.3, -0.25) is 9.59 Å². The van der Waals surface area contributed by atoms with Crippen LogP contribution in [-0.4, -0.2) is 56.1 Å². The number of ether oxygens (including phenoxy) is 1. The van der Waals surface area contributed by atoms with Gasteiger partial charge in [-0.2, -0.15) is 0 Å². The largest absolute Gasteiger partial charge is 0.481 e. The van der Waals surface area contributed by atoms with Gasteiger partial charge in [0.05, 0.1) is 24.2 Å². The van der Waals surface area contributed by atoms with Crippen LogP contribution in [-0.2, 0) is 30.8 Å². The Hall–Kier alpha value is -3.53. The molecule has 3 aromatic rings. The van der Waals surface area contributed by atoms with Gasteiger partial charge in [0.2, 0.25) is 15.9 Å². The van der Waals surface area contributed by atoms with Gasteiger partial charge in [-0.15, -0.1) is 0 Å². The third-order valence-electron chi connectivity index (χ3n) is 8.07. The smallest absolute Gasteiger partial charge is 0.303 e. The van der Waals surface area contributed by atoms with E-state index in [1.54, 1.807) is 24.3 Å². The molecule has 5 rings (SSSR count). The number of carbonyl (C=O) groups excluding carboxylic acids is 1. The summed E-state index contributed by atoms with van der Waals surface area (Å²) in [6.07, 6.45) is 3.07. The van der Waals surface area contributed by atoms with Crippen LogP contribution in [0.3, 0.4) is 0 Å². The Labute approximate surface area is 241 Å². The second kappa shape index (κ2) is 13.0. The number of benzene rings is 3. The van der Waals surface area contributed by atoms with Gasteiger partial charge < -0.3 is 14.7 Å². The summed E-state index contributed by atoms with van der Waals surface area (Å²) in [4.78, 5) is 26.4. The molecule has 1 aliphatic heterocycles. The zero-order valence-corrected chi connectivity index (χ0v) is 23.8. The minimum atomic E-state index is -3.70. The molecule has 0 unspecified atom stereocenters. The van der Waals surface area contributed by atoms with Crippen molar-refractivity contribution in [3.05, 3.63) is 90.0 Å². The van der Waals surface area contributed by atoms with Crippen LogP contribution >= 0.6 is 0 Å². The van der Waals surface area contributed by atoms with Crippen molar-refractivity contribution < 1.29 is 27.9 Å². The lowest BCUT2D eigenvalue weighted by molar-refractivity contribution is -0.145. The molecule has 1 atom stereocenters. The molecular weight excluding hydrogens is 540 g/mol. The van der Waals surface area contributed by atoms with Gasteiger partial charge in [-0.1, -0.05) is 66.7 Å². The number of aliphatic carboxylic acids is 1. The molecule has 8 nitrogen and oxygen atoms in total. The first kappa shape index (κ1) is 29.0. The summed E-state index contributed by atoms with van der Waals surface area (Å²) in [7, 11) is -3.70. The average Bonchev–Trinajstić information content (AvgIpc) is 3.00. The van der Waals surface area contributed by atoms with Crippen LogP contribution in [0.15, 0.2) is 83.8 Å². The van der Waals surface area contributed by atoms with E-state index in [4.69, 9.17) is 9.84 Å². The summed E-state index contributed by atoms with van der Waals surface area (Å²) < 4.78 is 34.8. The first-order valence-corrected chi connectivity index (χ1v) is 15.6. The number of hydrogen-bond donors (Lipinski definition) is 2. The van der Waals surface area contributed by atoms with E-state index in [0.29, 0.717) is 51.9 Å². The maximum Gasteiger partial charge on any atom is 0.303 e. The predicted molar refractivity (Wildman–Crippen MR) is 156 cm³/mol. The summed E-state index contributed by atoms with van der Waals surface area (Å²) in [5.74, 6) is -0.810. The van der Waals surface area contributed by atoms with Crippen molar-refractivity contribution in [1.82, 2.24) is 9.62 Å². The van der Waals surface area contributed by atoms with Crippen molar-refractivity contribution in [2.75, 3.05) is 19.8 Å². The molecule has 0 radical (unpaired) electrons. The Morgan fingerprint density at radius 2 is 1.51 bits per heavy atom. The zero-order valence-electron chi connectivity index (χ0n) is 22.9. The Bertz CT molecular complexity index is 1430. The van der Waals surface area contributed by atoms with Crippen molar-refractivity contribution in [3.63, 3.8) is 0 Å². The SMILES string of the molecule is O=C(O)CCc1ccc(-c2ccc(S(=O)(=O)NC3CCC(C(=O)N4CCOC[C@@H]4c4ccccc4)CC3)cc2)cc1. The van der Waals surface area contributed by atoms with Gasteiger partial charge in [0.15, 0.2) is 0 Å². The van der Waals surface area contributed by atoms with Gasteiger partial charge in [0, 0.05) is 24.9 Å². The molecule has 1 saturated heterocycles. The first-order chi connectivity index (χ1) is 19.8. The fourth-order valence-electron chi connectivity index (χ4n) is 5.74. The highest BCUT2D eigenvalue weighted by Gasteiger charge is 2.35. The lowest BCUT2D eigenvalue weighted by Gasteiger charge is -2.39. The molecule has 1 saturated carbocycles. The van der Waals surface area contributed by atoms with Crippen molar-refractivity contribution in [1.29, 1.82) is 0 Å². The fraction of sp³-hybridized carbons (Fsp3) is 0.375. The monoisotopic (exact) mass is 576 g/mol. The summed E-state index contributed by atoms with van der Waals surface area (Å²) >= 11 is 0. The highest BCUT2D eigenvalue weighted by Crippen LogP contribution is 2.32. The van der Waals surface area contributed by atoms with E-state index in [1.165, 1.54) is 0 Å². The third kappa shape index (κ3) is 7.22. The predicted octanol–water partition coefficient (Wildman–Crippen LogP) is 4.81. The second-order valence-electron chi connectivity index (χ2n) is 10.8. The zero-order chi connectivity index (χ0) is 28.8. The maximum absolute atomic E-state index is 13.5. The maximum atomic E-state index is 13.5. The molecule has 3 aromatic carbocycles. The van der Waals surface area contributed by atoms with Crippen LogP contribution < -0.4 is 4.72 Å². The summed E-state index contributed by atoms with van der Waals surface area (Å²) in [6, 6.07) is 24.0. The topological polar surface area (TPSA) is 113 Å². The van der Waals surface area contributed by atoms with Crippen LogP contribution in [0.25, 0.3) is 11.1 Å². The molecule has 1 amide bonds. The molecule has 0 aromatic heterocycles. The lowest BCUT2D eigenvalue weighted by Crippen LogP contribution is -2.47. The van der Waals surface area contributed by atoms with E-state index in [2.05, 4.69) is 4.72 Å². The lowest BCUT2D eigenvalue weighted by atomic mass is 9.85. The van der Waals surface area contributed by atoms with E-state index in [1.807, 2.05) is 59.5 Å². The summed E-state index contributed by atoms with van der Waals surface area (Å²) in [6.45, 7) is 1.58. The van der Waals surface area contributed by atoms with Crippen molar-refractivity contribution in [2.45, 2.75) is 55.5 Å². The second-order valence-corrected chi connectivity index (χ2v) is 12.5. The highest BCUT2D eigenvalue weighted by atomic mass is 32.2. The number of sulfonamides is 1. The molecule has 1 heterocycles. The first-order valence-electron chi connectivity index (χ1n) is 14.2. The van der Waals surface area contributed by atoms with Gasteiger partial charge in [0.1, 0.15) is 0 Å². The van der Waals surface area contributed by atoms with E-state index in [-0.39, 0.29) is 35.2 Å². The van der Waals surface area contributed by atoms with Gasteiger partial charge in [-0.05, 0) is 66.5 Å². The Balaban J connectivity index is 1.16. The minimum absolute atomic E-state index is 0.0828.